The number of ether oxygens (including phenoxy) is 2. The van der Waals surface area contributed by atoms with E-state index in [4.69, 9.17) is 9.47 Å². The Bertz CT molecular complexity index is 5760. The molecule has 4 fully saturated rings. The van der Waals surface area contributed by atoms with Crippen molar-refractivity contribution in [2.75, 3.05) is 61.9 Å². The van der Waals surface area contributed by atoms with Crippen molar-refractivity contribution in [1.29, 1.82) is 0 Å². The van der Waals surface area contributed by atoms with Crippen LogP contribution in [-0.2, 0) is 44.9 Å². The van der Waals surface area contributed by atoms with Crippen LogP contribution < -0.4 is 60.5 Å². The summed E-state index contributed by atoms with van der Waals surface area (Å²) in [5.41, 5.74) is 10.0. The molecule has 8 aliphatic heterocycles. The third kappa shape index (κ3) is 16.9. The predicted molar refractivity (Wildman–Crippen MR) is 473 cm³/mol. The molecule has 0 aromatic heterocycles. The number of para-hydroxylation sites is 4. The van der Waals surface area contributed by atoms with E-state index in [-0.39, 0.29) is 51.2 Å². The van der Waals surface area contributed by atoms with Crippen LogP contribution in [0.3, 0.4) is 0 Å². The zero-order valence-electron chi connectivity index (χ0n) is 70.4. The highest BCUT2D eigenvalue weighted by atomic mass is 32.2. The van der Waals surface area contributed by atoms with E-state index in [1.807, 2.05) is 143 Å². The predicted octanol–water partition coefficient (Wildman–Crippen LogP) is 7.79. The number of nitro groups is 2. The van der Waals surface area contributed by atoms with Gasteiger partial charge in [-0.3, -0.25) is 20.2 Å². The summed E-state index contributed by atoms with van der Waals surface area (Å²) < 4.78 is 13.2. The highest BCUT2D eigenvalue weighted by Gasteiger charge is 2.48. The zero-order valence-corrected chi connectivity index (χ0v) is 74.5. The molecule has 0 saturated heterocycles. The second-order valence-electron chi connectivity index (χ2n) is 33.6. The monoisotopic (exact) mass is 1790 g/mol. The van der Waals surface area contributed by atoms with Crippen molar-refractivity contribution in [3.05, 3.63) is 306 Å². The molecule has 0 radical (unpaired) electrons. The van der Waals surface area contributed by atoms with Crippen LogP contribution >= 0.6 is 58.8 Å². The number of nitro benzene ring substituents is 2. The smallest absolute Gasteiger partial charge is 0.269 e. The van der Waals surface area contributed by atoms with Crippen molar-refractivity contribution in [3.8, 4) is 0 Å². The minimum absolute atomic E-state index is 0.0612. The lowest BCUT2D eigenvalue weighted by atomic mass is 9.81. The van der Waals surface area contributed by atoms with Gasteiger partial charge in [0.15, 0.2) is 0 Å². The number of carbonyl (C=O) groups excluding carboxylic acids is 4. The van der Waals surface area contributed by atoms with Gasteiger partial charge in [0.2, 0.25) is 23.6 Å². The van der Waals surface area contributed by atoms with Crippen LogP contribution in [0.2, 0.25) is 0 Å². The van der Waals surface area contributed by atoms with Gasteiger partial charge in [0.25, 0.3) is 11.4 Å². The molecule has 6 aromatic carbocycles. The van der Waals surface area contributed by atoms with Gasteiger partial charge in [0, 0.05) is 165 Å². The van der Waals surface area contributed by atoms with E-state index in [1.54, 1.807) is 36.5 Å². The Labute approximate surface area is 749 Å². The molecule has 656 valence electrons. The van der Waals surface area contributed by atoms with Crippen molar-refractivity contribution >= 4 is 128 Å². The van der Waals surface area contributed by atoms with Crippen molar-refractivity contribution in [2.45, 2.75) is 112 Å². The van der Waals surface area contributed by atoms with Gasteiger partial charge in [-0.15, -0.1) is 34.6 Å². The average molecular weight is 1790 g/mol. The Morgan fingerprint density at radius 3 is 1.05 bits per heavy atom. The second kappa shape index (κ2) is 35.9. The summed E-state index contributed by atoms with van der Waals surface area (Å²) in [6, 6.07) is 43.2. The average Bonchev–Trinajstić information content (AvgIpc) is 1.59. The molecule has 33 heteroatoms. The Hall–Kier alpha value is -10.6. The van der Waals surface area contributed by atoms with E-state index in [0.29, 0.717) is 11.1 Å². The largest absolute Gasteiger partial charge is 0.851 e. The highest BCUT2D eigenvalue weighted by molar-refractivity contribution is 8.27. The third-order valence-electron chi connectivity index (χ3n) is 25.0. The second-order valence-corrected chi connectivity index (χ2v) is 39.0. The maximum absolute atomic E-state index is 13.6. The number of allylic oxidation sites excluding steroid dienone is 3. The molecule has 16 atom stereocenters. The van der Waals surface area contributed by atoms with Crippen LogP contribution in [0, 0.1) is 67.6 Å². The Morgan fingerprint density at radius 2 is 0.675 bits per heavy atom. The lowest BCUT2D eigenvalue weighted by Gasteiger charge is -2.34. The molecular weight excluding hydrogens is 1710 g/mol. The molecule has 0 spiro atoms. The van der Waals surface area contributed by atoms with Crippen molar-refractivity contribution in [3.63, 3.8) is 0 Å². The molecule has 4 aliphatic carbocycles. The number of carbonyl (C=O) groups is 4. The molecule has 28 nitrogen and oxygen atoms in total. The fourth-order valence-electron chi connectivity index (χ4n) is 18.0. The van der Waals surface area contributed by atoms with Gasteiger partial charge in [0.05, 0.1) is 20.6 Å². The number of nitrogens with zero attached hydrogens (tertiary/aromatic N) is 10. The molecule has 0 bridgehead atoms. The topological polar surface area (TPSA) is 402 Å². The normalized spacial score (nSPS) is 30.4. The van der Waals surface area contributed by atoms with Gasteiger partial charge in [-0.05, 0) is 129 Å². The number of hydrazone groups is 2. The van der Waals surface area contributed by atoms with Crippen LogP contribution in [0.1, 0.15) is 69.4 Å². The number of anilines is 4. The number of fused-ring (bicyclic) bond motifs is 4. The minimum Gasteiger partial charge on any atom is -0.851 e. The lowest BCUT2D eigenvalue weighted by molar-refractivity contribution is -0.459. The molecule has 18 rings (SSSR count). The first-order valence-electron chi connectivity index (χ1n) is 40.5. The molecule has 4 saturated carbocycles. The molecule has 12 aliphatic rings. The van der Waals surface area contributed by atoms with Gasteiger partial charge < -0.3 is 89.1 Å². The van der Waals surface area contributed by atoms with Gasteiger partial charge >= 0.3 is 0 Å². The number of non-ortho nitro benzene ring substituents is 2. The van der Waals surface area contributed by atoms with E-state index in [1.165, 1.54) is 144 Å². The lowest BCUT2D eigenvalue weighted by Crippen LogP contribution is -2.41. The standard InChI is InChI=1S/C29H32N2O3.C26H26N2O3S.C25H20N6O9.C13H10O3S4/c1-28(2)19-11-7-9-13-21(19)30(5)23(28)15-17-25(32)18(27(34)26(17)33)16-24-29(3,4)20-12-8-10-14-22(20)31(24)6;1-26(2)17-9-5-6-10-18(17)27(3)21(26)13-15-23(29)16(25(31)24(15)30)14-22-28(4)19-11-7-8-12-20(19)32-22;1-28-19(39-24(26-28)13-3-7-15(8-4-13)30(35)36)11-17-21(32)18(23(34)22(17)33)12-20-29(2)27-25(40-20)14-5-9-16(10-6-14)31(37)38;14-11-7(5-9-17-1-2-18-9)12(15)13(16)8(11)6-10-19-3-4-20-10/h7-18,25-26H,1-6H3;5-16,23,25H,1-4H3;3-12,17-18,21-22H,1-2H3;1-8,11-12H/q4*-2/b23-15-,24-16-;21-13-,22-14+;19-11+,20-12+;. The number of likely N-dealkylation sites (N-methyl/N-ethyl adjacent to an activating group) is 3. The summed E-state index contributed by atoms with van der Waals surface area (Å²) in [4.78, 5) is 80.8. The van der Waals surface area contributed by atoms with Gasteiger partial charge in [-0.25, -0.2) is 10.0 Å². The van der Waals surface area contributed by atoms with Crippen molar-refractivity contribution in [2.24, 2.45) is 57.5 Å². The van der Waals surface area contributed by atoms with Crippen LogP contribution in [0.4, 0.5) is 34.1 Å². The maximum atomic E-state index is 13.6. The van der Waals surface area contributed by atoms with Gasteiger partial charge in [-0.2, -0.15) is 0 Å². The number of rotatable bonds is 12. The number of thioether (sulfide) groups is 5. The highest BCUT2D eigenvalue weighted by Crippen LogP contribution is 2.53. The Kier molecular flexibility index (Phi) is 25.7. The number of hydrogen-bond donors (Lipinski definition) is 0. The first kappa shape index (κ1) is 90.2. The molecular formula is C93H88N10O18S5-8. The number of ketones is 4. The van der Waals surface area contributed by atoms with Crippen molar-refractivity contribution in [1.82, 2.24) is 10.0 Å². The fourth-order valence-corrected chi connectivity index (χ4v) is 22.6. The SMILES string of the molecule is CN1/C(=C\C2C(=O)C([O-])C(/C=C3/Sc4ccccc4N3C)C2[O-])C(C)(C)c2ccccc21.CN1/C(=C\C2C(=O)C([O-])C(/C=C3\N(C)c4ccccc4C3(C)C)C2[O-])C(C)(C)c2ccccc21.CN1N=C(c2ccc([N+](=O)[O-])cc2)O/C1=C/C1C(=O)C([O-])C(/C=C2/OC(c3ccc([N+](=O)[O-])cc3)=NN2C)C1[O-].O=C1C([O-])C(C=C2SC=CS2)C([O-])C1C=C1SC=CS1. The van der Waals surface area contributed by atoms with Crippen LogP contribution in [0.15, 0.2) is 273 Å². The van der Waals surface area contributed by atoms with Crippen LogP contribution in [0.25, 0.3) is 0 Å². The first-order chi connectivity index (χ1) is 59.9. The van der Waals surface area contributed by atoms with Gasteiger partial charge in [-0.1, -0.05) is 228 Å². The maximum Gasteiger partial charge on any atom is 0.269 e. The zero-order chi connectivity index (χ0) is 90.2. The Morgan fingerprint density at radius 1 is 0.365 bits per heavy atom. The van der Waals surface area contributed by atoms with Crippen LogP contribution in [-0.4, -0.2) is 146 Å². The fraction of sp³-hybridized carbons (Fsp3) is 0.333. The van der Waals surface area contributed by atoms with E-state index < -0.39 is 129 Å². The number of hydrogen-bond acceptors (Lipinski definition) is 31. The first-order valence-corrected chi connectivity index (χ1v) is 44.9. The summed E-state index contributed by atoms with van der Waals surface area (Å²) in [6.07, 6.45) is 1.13. The summed E-state index contributed by atoms with van der Waals surface area (Å²) in [5, 5.41) is 145. The summed E-state index contributed by atoms with van der Waals surface area (Å²) in [7, 11) is 10.8. The quantitative estimate of drug-likeness (QED) is 0.0833. The minimum atomic E-state index is -1.86. The molecule has 126 heavy (non-hydrogen) atoms. The van der Waals surface area contributed by atoms with Crippen LogP contribution in [0.5, 0.6) is 0 Å². The summed E-state index contributed by atoms with van der Waals surface area (Å²) in [5.74, 6) is -9.68. The Balaban J connectivity index is 0.000000133. The summed E-state index contributed by atoms with van der Waals surface area (Å²) >= 11 is 7.49. The molecule has 16 unspecified atom stereocenters. The summed E-state index contributed by atoms with van der Waals surface area (Å²) in [6.45, 7) is 12.6. The molecule has 0 amide bonds. The molecule has 6 aromatic rings. The van der Waals surface area contributed by atoms with Crippen molar-refractivity contribution < 1.29 is 79.4 Å². The number of benzene rings is 6. The number of Topliss-reactive ketones (excluding diaryl/α,β-unsaturated/α-hetero) is 4. The van der Waals surface area contributed by atoms with E-state index in [9.17, 15) is 80.3 Å². The van der Waals surface area contributed by atoms with Gasteiger partial charge in [0.1, 0.15) is 23.1 Å². The molecule has 0 N–H and O–H groups in total. The van der Waals surface area contributed by atoms with E-state index >= 15 is 0 Å². The van der Waals surface area contributed by atoms with E-state index in [2.05, 4.69) is 74.8 Å². The van der Waals surface area contributed by atoms with E-state index in [0.717, 1.165) is 74.9 Å². The third-order valence-corrected chi connectivity index (χ3v) is 30.3. The molecule has 8 heterocycles.